The number of benzene rings is 2. The average Bonchev–Trinajstić information content (AvgIpc) is 2.73. The minimum Gasteiger partial charge on any atom is -0.427 e. The maximum absolute atomic E-state index is 12.3. The molecule has 0 amide bonds. The van der Waals surface area contributed by atoms with Gasteiger partial charge in [0.1, 0.15) is 10.8 Å². The summed E-state index contributed by atoms with van der Waals surface area (Å²) in [5.41, 5.74) is 8.58. The highest BCUT2D eigenvalue weighted by atomic mass is 32.2. The van der Waals surface area contributed by atoms with Gasteiger partial charge >= 0.3 is 18.3 Å². The molecule has 0 radical (unpaired) electrons. The Morgan fingerprint density at radius 2 is 1.47 bits per heavy atom. The van der Waals surface area contributed by atoms with E-state index in [-0.39, 0.29) is 16.5 Å². The second-order valence-electron chi connectivity index (χ2n) is 7.81. The summed E-state index contributed by atoms with van der Waals surface area (Å²) in [6, 6.07) is 12.3. The first kappa shape index (κ1) is 26.9. The lowest BCUT2D eigenvalue weighted by atomic mass is 9.98. The van der Waals surface area contributed by atoms with Gasteiger partial charge in [-0.25, -0.2) is 4.79 Å². The summed E-state index contributed by atoms with van der Waals surface area (Å²) in [4.78, 5) is 24.6. The first-order valence-corrected chi connectivity index (χ1v) is 10.6. The molecule has 0 aliphatic rings. The number of esters is 2. The summed E-state index contributed by atoms with van der Waals surface area (Å²) in [6.07, 6.45) is -4.76. The minimum absolute atomic E-state index is 0.0102. The molecule has 5 N–H and O–H groups in total. The molecule has 0 heterocycles. The lowest BCUT2D eigenvalue weighted by Crippen LogP contribution is -2.32. The Labute approximate surface area is 198 Å². The van der Waals surface area contributed by atoms with Gasteiger partial charge in [0.05, 0.1) is 5.41 Å². The largest absolute Gasteiger partial charge is 0.573 e. The fourth-order valence-corrected chi connectivity index (χ4v) is 3.17. The van der Waals surface area contributed by atoms with Crippen molar-refractivity contribution in [3.8, 4) is 16.9 Å². The zero-order valence-electron chi connectivity index (χ0n) is 18.6. The van der Waals surface area contributed by atoms with Gasteiger partial charge in [0.15, 0.2) is 5.70 Å². The Balaban J connectivity index is 2.02. The topological polar surface area (TPSA) is 126 Å². The molecule has 0 saturated carbocycles. The van der Waals surface area contributed by atoms with Crippen LogP contribution in [-0.2, 0) is 19.1 Å². The van der Waals surface area contributed by atoms with Gasteiger partial charge in [-0.2, -0.15) is 0 Å². The predicted octanol–water partition coefficient (Wildman–Crippen LogP) is 4.03. The standard InChI is InChI=1S/C22H24F3N3O5S/c1-21(2,3)20(30)32-12-31-19(29)17(28-27)18(26)34-16-10-6-14(7-11-16)13-4-8-15(9-5-13)33-22(23,24)25/h4-11,28H,12,26-27H2,1-3H3/b18-17+. The molecule has 2 aromatic rings. The fourth-order valence-electron chi connectivity index (χ4n) is 2.40. The van der Waals surface area contributed by atoms with Gasteiger partial charge in [-0.05, 0) is 56.2 Å². The molecule has 0 aromatic heterocycles. The third kappa shape index (κ3) is 8.19. The van der Waals surface area contributed by atoms with E-state index in [1.807, 2.05) is 0 Å². The maximum Gasteiger partial charge on any atom is 0.573 e. The SMILES string of the molecule is CC(C)(C)C(=O)OCOC(=O)/C(NN)=C(/N)Sc1ccc(-c2ccc(OC(F)(F)F)cc2)cc1. The van der Waals surface area contributed by atoms with Gasteiger partial charge in [0, 0.05) is 4.90 Å². The summed E-state index contributed by atoms with van der Waals surface area (Å²) in [7, 11) is 0. The molecule has 0 saturated heterocycles. The Hall–Kier alpha value is -3.38. The minimum atomic E-state index is -4.76. The van der Waals surface area contributed by atoms with Crippen molar-refractivity contribution in [2.24, 2.45) is 17.0 Å². The van der Waals surface area contributed by atoms with Gasteiger partial charge in [-0.15, -0.1) is 13.2 Å². The molecule has 8 nitrogen and oxygen atoms in total. The van der Waals surface area contributed by atoms with E-state index in [0.29, 0.717) is 10.5 Å². The molecule has 0 aliphatic heterocycles. The number of carbonyl (C=O) groups is 2. The second-order valence-corrected chi connectivity index (χ2v) is 8.93. The molecule has 0 bridgehead atoms. The highest BCUT2D eigenvalue weighted by molar-refractivity contribution is 8.03. The van der Waals surface area contributed by atoms with Crippen molar-refractivity contribution < 1.29 is 37.0 Å². The molecule has 0 atom stereocenters. The Kier molecular flexibility index (Phi) is 8.82. The number of nitrogens with one attached hydrogen (secondary N) is 1. The van der Waals surface area contributed by atoms with E-state index in [1.165, 1.54) is 24.3 Å². The highest BCUT2D eigenvalue weighted by Gasteiger charge is 2.31. The van der Waals surface area contributed by atoms with Crippen molar-refractivity contribution >= 4 is 23.7 Å². The molecule has 0 unspecified atom stereocenters. The molecule has 0 fully saturated rings. The van der Waals surface area contributed by atoms with E-state index in [2.05, 4.69) is 10.2 Å². The fraction of sp³-hybridized carbons (Fsp3) is 0.273. The first-order chi connectivity index (χ1) is 15.8. The number of alkyl halides is 3. The summed E-state index contributed by atoms with van der Waals surface area (Å²) in [6.45, 7) is 4.36. The number of hydrazine groups is 1. The molecule has 184 valence electrons. The third-order valence-electron chi connectivity index (χ3n) is 4.09. The number of carbonyl (C=O) groups excluding carboxylic acids is 2. The average molecular weight is 500 g/mol. The molecule has 0 spiro atoms. The van der Waals surface area contributed by atoms with E-state index < -0.39 is 30.5 Å². The van der Waals surface area contributed by atoms with Crippen LogP contribution in [0.3, 0.4) is 0 Å². The van der Waals surface area contributed by atoms with Crippen LogP contribution in [0, 0.1) is 5.41 Å². The molecular formula is C22H24F3N3O5S. The highest BCUT2D eigenvalue weighted by Crippen LogP contribution is 2.30. The van der Waals surface area contributed by atoms with E-state index >= 15 is 0 Å². The third-order valence-corrected chi connectivity index (χ3v) is 5.02. The van der Waals surface area contributed by atoms with Crippen LogP contribution in [0.25, 0.3) is 11.1 Å². The van der Waals surface area contributed by atoms with E-state index in [9.17, 15) is 22.8 Å². The van der Waals surface area contributed by atoms with Crippen LogP contribution >= 0.6 is 11.8 Å². The van der Waals surface area contributed by atoms with E-state index in [0.717, 1.165) is 17.3 Å². The molecular weight excluding hydrogens is 475 g/mol. The lowest BCUT2D eigenvalue weighted by Gasteiger charge is -2.17. The number of rotatable bonds is 8. The lowest BCUT2D eigenvalue weighted by molar-refractivity contribution is -0.274. The Bertz CT molecular complexity index is 1030. The number of nitrogens with two attached hydrogens (primary N) is 2. The van der Waals surface area contributed by atoms with Gasteiger partial charge in [0.2, 0.25) is 6.79 Å². The molecule has 2 rings (SSSR count). The van der Waals surface area contributed by atoms with Crippen LogP contribution in [0.2, 0.25) is 0 Å². The summed E-state index contributed by atoms with van der Waals surface area (Å²) >= 11 is 1.02. The van der Waals surface area contributed by atoms with Gasteiger partial charge in [0.25, 0.3) is 0 Å². The Morgan fingerprint density at radius 3 is 1.94 bits per heavy atom. The van der Waals surface area contributed by atoms with Crippen molar-refractivity contribution in [1.82, 2.24) is 5.43 Å². The number of halogens is 3. The van der Waals surface area contributed by atoms with Crippen LogP contribution < -0.4 is 21.7 Å². The van der Waals surface area contributed by atoms with Crippen molar-refractivity contribution in [1.29, 1.82) is 0 Å². The number of ether oxygens (including phenoxy) is 3. The molecule has 0 aliphatic carbocycles. The number of hydrogen-bond donors (Lipinski definition) is 3. The predicted molar refractivity (Wildman–Crippen MR) is 119 cm³/mol. The van der Waals surface area contributed by atoms with Crippen LogP contribution in [0.4, 0.5) is 13.2 Å². The van der Waals surface area contributed by atoms with Crippen LogP contribution in [-0.4, -0.2) is 25.1 Å². The quantitative estimate of drug-likeness (QED) is 0.123. The van der Waals surface area contributed by atoms with Crippen molar-refractivity contribution in [3.05, 3.63) is 59.3 Å². The van der Waals surface area contributed by atoms with Crippen LogP contribution in [0.5, 0.6) is 5.75 Å². The molecule has 12 heteroatoms. The summed E-state index contributed by atoms with van der Waals surface area (Å²) < 4.78 is 50.5. The monoisotopic (exact) mass is 499 g/mol. The second kappa shape index (κ2) is 11.2. The number of thioether (sulfide) groups is 1. The van der Waals surface area contributed by atoms with E-state index in [4.69, 9.17) is 21.1 Å². The van der Waals surface area contributed by atoms with Crippen LogP contribution in [0.1, 0.15) is 20.8 Å². The molecule has 2 aromatic carbocycles. The smallest absolute Gasteiger partial charge is 0.427 e. The first-order valence-electron chi connectivity index (χ1n) is 9.75. The maximum atomic E-state index is 12.3. The van der Waals surface area contributed by atoms with Crippen molar-refractivity contribution in [2.75, 3.05) is 6.79 Å². The number of hydrogen-bond acceptors (Lipinski definition) is 9. The van der Waals surface area contributed by atoms with Gasteiger partial charge in [-0.1, -0.05) is 36.0 Å². The van der Waals surface area contributed by atoms with Gasteiger partial charge in [-0.3, -0.25) is 10.6 Å². The zero-order valence-corrected chi connectivity index (χ0v) is 19.4. The van der Waals surface area contributed by atoms with Crippen molar-refractivity contribution in [3.63, 3.8) is 0 Å². The van der Waals surface area contributed by atoms with E-state index in [1.54, 1.807) is 45.0 Å². The Morgan fingerprint density at radius 1 is 0.941 bits per heavy atom. The van der Waals surface area contributed by atoms with Crippen LogP contribution in [0.15, 0.2) is 64.2 Å². The zero-order chi connectivity index (χ0) is 25.5. The molecule has 34 heavy (non-hydrogen) atoms. The van der Waals surface area contributed by atoms with Gasteiger partial charge < -0.3 is 25.4 Å². The normalized spacial score (nSPS) is 12.4. The van der Waals surface area contributed by atoms with Crippen molar-refractivity contribution in [2.45, 2.75) is 32.0 Å². The summed E-state index contributed by atoms with van der Waals surface area (Å²) in [5, 5.41) is 0.0102. The summed E-state index contributed by atoms with van der Waals surface area (Å²) in [5.74, 6) is 3.62.